The van der Waals surface area contributed by atoms with Crippen LogP contribution in [0.15, 0.2) is 42.5 Å². The molecule has 2 atom stereocenters. The molecule has 0 heterocycles. The fraction of sp³-hybridized carbons (Fsp3) is 0.474. The molecule has 0 aliphatic heterocycles. The van der Waals surface area contributed by atoms with E-state index in [9.17, 15) is 9.59 Å². The van der Waals surface area contributed by atoms with Crippen LogP contribution < -0.4 is 4.46 Å². The van der Waals surface area contributed by atoms with Gasteiger partial charge in [0, 0.05) is 0 Å². The van der Waals surface area contributed by atoms with Crippen molar-refractivity contribution in [3.63, 3.8) is 0 Å². The molecule has 0 radical (unpaired) electrons. The fourth-order valence-electron chi connectivity index (χ4n) is 2.89. The second-order valence-electron chi connectivity index (χ2n) is 6.79. The van der Waals surface area contributed by atoms with Crippen LogP contribution in [0.1, 0.15) is 33.6 Å². The summed E-state index contributed by atoms with van der Waals surface area (Å²) in [6.45, 7) is 6.04. The van der Waals surface area contributed by atoms with E-state index >= 15 is 0 Å². The average Bonchev–Trinajstić information content (AvgIpc) is 3.05. The van der Waals surface area contributed by atoms with Crippen molar-refractivity contribution < 1.29 is 14.3 Å². The van der Waals surface area contributed by atoms with Crippen LogP contribution in [0, 0.1) is 0 Å². The second kappa shape index (κ2) is 8.00. The SMILES string of the molecule is COC(=O)C([Se]c1ccccc1)C(=O)N(C1C=CCC1)C(C)(C)C. The Balaban J connectivity index is 2.30. The molecule has 1 aromatic rings. The van der Waals surface area contributed by atoms with Crippen LogP contribution in [0.4, 0.5) is 0 Å². The number of hydrogen-bond donors (Lipinski definition) is 0. The van der Waals surface area contributed by atoms with Gasteiger partial charge in [0.2, 0.25) is 0 Å². The van der Waals surface area contributed by atoms with Gasteiger partial charge in [0.15, 0.2) is 0 Å². The summed E-state index contributed by atoms with van der Waals surface area (Å²) in [7, 11) is 1.35. The van der Waals surface area contributed by atoms with E-state index in [1.807, 2.05) is 56.0 Å². The van der Waals surface area contributed by atoms with Crippen molar-refractivity contribution in [1.82, 2.24) is 4.90 Å². The number of hydrogen-bond acceptors (Lipinski definition) is 3. The zero-order valence-corrected chi connectivity index (χ0v) is 16.4. The molecule has 0 saturated heterocycles. The summed E-state index contributed by atoms with van der Waals surface area (Å²) >= 11 is -0.308. The zero-order valence-electron chi connectivity index (χ0n) is 14.7. The van der Waals surface area contributed by atoms with Gasteiger partial charge in [-0.3, -0.25) is 0 Å². The van der Waals surface area contributed by atoms with Gasteiger partial charge in [-0.25, -0.2) is 0 Å². The first-order valence-electron chi connectivity index (χ1n) is 8.14. The van der Waals surface area contributed by atoms with Gasteiger partial charge in [-0.2, -0.15) is 0 Å². The molecule has 2 unspecified atom stereocenters. The third-order valence-electron chi connectivity index (χ3n) is 3.92. The van der Waals surface area contributed by atoms with Crippen LogP contribution >= 0.6 is 0 Å². The molecule has 2 rings (SSSR count). The van der Waals surface area contributed by atoms with Crippen molar-refractivity contribution in [2.75, 3.05) is 7.11 Å². The number of esters is 1. The number of carbonyl (C=O) groups is 2. The first-order chi connectivity index (χ1) is 11.3. The number of carbonyl (C=O) groups excluding carboxylic acids is 2. The van der Waals surface area contributed by atoms with Crippen molar-refractivity contribution in [3.8, 4) is 0 Å². The monoisotopic (exact) mass is 395 g/mol. The summed E-state index contributed by atoms with van der Waals surface area (Å²) in [5, 5.41) is 0. The molecule has 1 aromatic carbocycles. The normalized spacial score (nSPS) is 18.2. The zero-order chi connectivity index (χ0) is 17.7. The van der Waals surface area contributed by atoms with E-state index in [4.69, 9.17) is 4.74 Å². The van der Waals surface area contributed by atoms with Crippen LogP contribution in [-0.2, 0) is 14.3 Å². The standard InChI is InChI=1S/C19H25NO3Se/c1-19(2,3)20(14-10-8-9-11-14)17(21)16(18(22)23-4)24-15-12-6-5-7-13-15/h5-8,10,12-14,16H,9,11H2,1-4H3. The molecule has 0 bridgehead atoms. The quantitative estimate of drug-likeness (QED) is 0.333. The molecular formula is C19H25NO3Se. The Morgan fingerprint density at radius 2 is 1.92 bits per heavy atom. The third kappa shape index (κ3) is 4.49. The van der Waals surface area contributed by atoms with Gasteiger partial charge in [-0.05, 0) is 0 Å². The van der Waals surface area contributed by atoms with E-state index in [0.717, 1.165) is 17.3 Å². The molecule has 0 fully saturated rings. The van der Waals surface area contributed by atoms with Gasteiger partial charge < -0.3 is 0 Å². The summed E-state index contributed by atoms with van der Waals surface area (Å²) in [6, 6.07) is 9.75. The number of benzene rings is 1. The summed E-state index contributed by atoms with van der Waals surface area (Å²) in [5.41, 5.74) is -0.352. The molecule has 1 aliphatic rings. The summed E-state index contributed by atoms with van der Waals surface area (Å²) in [5.74, 6) is -0.574. The summed E-state index contributed by atoms with van der Waals surface area (Å²) < 4.78 is 5.96. The van der Waals surface area contributed by atoms with Crippen LogP contribution in [0.3, 0.4) is 0 Å². The van der Waals surface area contributed by atoms with Crippen molar-refractivity contribution in [1.29, 1.82) is 0 Å². The third-order valence-corrected chi connectivity index (χ3v) is 6.38. The minimum atomic E-state index is -0.752. The van der Waals surface area contributed by atoms with Crippen molar-refractivity contribution >= 4 is 31.3 Å². The number of amides is 1. The molecular weight excluding hydrogens is 369 g/mol. The van der Waals surface area contributed by atoms with Gasteiger partial charge in [-0.15, -0.1) is 0 Å². The Hall–Kier alpha value is -1.58. The molecule has 0 spiro atoms. The van der Waals surface area contributed by atoms with Gasteiger partial charge in [0.1, 0.15) is 0 Å². The average molecular weight is 394 g/mol. The Kier molecular flexibility index (Phi) is 6.25. The summed E-state index contributed by atoms with van der Waals surface area (Å²) in [4.78, 5) is 26.7. The number of nitrogens with zero attached hydrogens (tertiary/aromatic N) is 1. The van der Waals surface area contributed by atoms with E-state index < -0.39 is 10.8 Å². The first-order valence-corrected chi connectivity index (χ1v) is 9.98. The van der Waals surface area contributed by atoms with E-state index in [0.29, 0.717) is 0 Å². The van der Waals surface area contributed by atoms with Crippen LogP contribution in [0.5, 0.6) is 0 Å². The molecule has 1 aliphatic carbocycles. The van der Waals surface area contributed by atoms with Gasteiger partial charge >= 0.3 is 150 Å². The molecule has 4 nitrogen and oxygen atoms in total. The molecule has 5 heteroatoms. The summed E-state index contributed by atoms with van der Waals surface area (Å²) in [6.07, 6.45) is 6.06. The van der Waals surface area contributed by atoms with Crippen molar-refractivity contribution in [3.05, 3.63) is 42.5 Å². The van der Waals surface area contributed by atoms with E-state index in [2.05, 4.69) is 12.2 Å². The minimum absolute atomic E-state index is 0.0521. The number of rotatable bonds is 5. The van der Waals surface area contributed by atoms with Gasteiger partial charge in [0.25, 0.3) is 0 Å². The Morgan fingerprint density at radius 1 is 1.25 bits per heavy atom. The maximum atomic E-state index is 13.3. The van der Waals surface area contributed by atoms with Gasteiger partial charge in [0.05, 0.1) is 0 Å². The van der Waals surface area contributed by atoms with Crippen molar-refractivity contribution in [2.45, 2.75) is 50.0 Å². The topological polar surface area (TPSA) is 46.6 Å². The predicted octanol–water partition coefficient (Wildman–Crippen LogP) is 2.32. The molecule has 0 aromatic heterocycles. The number of allylic oxidation sites excluding steroid dienone is 1. The Morgan fingerprint density at radius 3 is 2.42 bits per heavy atom. The molecule has 1 amide bonds. The number of methoxy groups -OCH3 is 1. The fourth-order valence-corrected chi connectivity index (χ4v) is 4.97. The first kappa shape index (κ1) is 18.8. The van der Waals surface area contributed by atoms with Gasteiger partial charge in [-0.1, -0.05) is 0 Å². The van der Waals surface area contributed by atoms with Crippen LogP contribution in [0.25, 0.3) is 0 Å². The van der Waals surface area contributed by atoms with E-state index in [-0.39, 0.29) is 32.4 Å². The Bertz CT molecular complexity index is 607. The Labute approximate surface area is 150 Å². The molecule has 0 saturated carbocycles. The predicted molar refractivity (Wildman–Crippen MR) is 96.4 cm³/mol. The maximum absolute atomic E-state index is 13.3. The van der Waals surface area contributed by atoms with Crippen LogP contribution in [-0.4, -0.2) is 50.4 Å². The molecule has 24 heavy (non-hydrogen) atoms. The molecule has 130 valence electrons. The van der Waals surface area contributed by atoms with Crippen molar-refractivity contribution in [2.24, 2.45) is 0 Å². The second-order valence-corrected chi connectivity index (χ2v) is 9.26. The van der Waals surface area contributed by atoms with E-state index in [1.165, 1.54) is 7.11 Å². The van der Waals surface area contributed by atoms with Crippen LogP contribution in [0.2, 0.25) is 4.82 Å². The molecule has 0 N–H and O–H groups in total. The van der Waals surface area contributed by atoms with E-state index in [1.54, 1.807) is 0 Å². The number of ether oxygens (including phenoxy) is 1.